The highest BCUT2D eigenvalue weighted by atomic mass is 79.9. The molecule has 0 aliphatic heterocycles. The highest BCUT2D eigenvalue weighted by Gasteiger charge is 2.29. The van der Waals surface area contributed by atoms with Crippen molar-refractivity contribution in [3.05, 3.63) is 51.4 Å². The lowest BCUT2D eigenvalue weighted by Gasteiger charge is -2.11. The number of nitriles is 1. The summed E-state index contributed by atoms with van der Waals surface area (Å²) in [5.74, 6) is -1.81. The predicted octanol–water partition coefficient (Wildman–Crippen LogP) is 4.25. The number of ether oxygens (including phenoxy) is 1. The molecule has 0 spiro atoms. The van der Waals surface area contributed by atoms with Crippen LogP contribution >= 0.6 is 27.7 Å². The smallest absolute Gasteiger partial charge is 0.340 e. The second-order valence-electron chi connectivity index (χ2n) is 6.11. The monoisotopic (exact) mass is 463 g/mol. The molecule has 9 heteroatoms. The van der Waals surface area contributed by atoms with Gasteiger partial charge in [0.1, 0.15) is 16.9 Å². The molecule has 1 aliphatic carbocycles. The maximum Gasteiger partial charge on any atom is 0.340 e. The highest BCUT2D eigenvalue weighted by Crippen LogP contribution is 2.40. The fraction of sp³-hybridized carbons (Fsp3) is 0.263. The molecule has 1 aromatic heterocycles. The summed E-state index contributed by atoms with van der Waals surface area (Å²) in [4.78, 5) is 28.9. The molecule has 28 heavy (non-hydrogen) atoms. The predicted molar refractivity (Wildman–Crippen MR) is 106 cm³/mol. The van der Waals surface area contributed by atoms with E-state index in [9.17, 15) is 19.2 Å². The SMILES string of the molecule is CSc1nc(C2CC2)cc(C(=O)OCC(=O)Nc2ccc(Br)cc2F)c1C#N. The van der Waals surface area contributed by atoms with E-state index in [0.717, 1.165) is 18.5 Å². The maximum absolute atomic E-state index is 13.8. The van der Waals surface area contributed by atoms with Gasteiger partial charge < -0.3 is 10.1 Å². The van der Waals surface area contributed by atoms with Crippen LogP contribution in [0.3, 0.4) is 0 Å². The van der Waals surface area contributed by atoms with Gasteiger partial charge in [-0.3, -0.25) is 4.79 Å². The van der Waals surface area contributed by atoms with E-state index in [0.29, 0.717) is 9.50 Å². The topological polar surface area (TPSA) is 92.1 Å². The van der Waals surface area contributed by atoms with Gasteiger partial charge in [0.15, 0.2) is 6.61 Å². The first-order valence-corrected chi connectivity index (χ1v) is 10.4. The number of thioether (sulfide) groups is 1. The fourth-order valence-corrected chi connectivity index (χ4v) is 3.42. The van der Waals surface area contributed by atoms with Gasteiger partial charge in [0, 0.05) is 16.1 Å². The minimum atomic E-state index is -0.789. The number of amides is 1. The lowest BCUT2D eigenvalue weighted by atomic mass is 10.1. The zero-order valence-electron chi connectivity index (χ0n) is 14.8. The van der Waals surface area contributed by atoms with Crippen molar-refractivity contribution in [1.82, 2.24) is 4.98 Å². The Morgan fingerprint density at radius 1 is 1.43 bits per heavy atom. The number of nitrogens with zero attached hydrogens (tertiary/aromatic N) is 2. The van der Waals surface area contributed by atoms with E-state index in [1.165, 1.54) is 23.9 Å². The number of hydrogen-bond acceptors (Lipinski definition) is 6. The molecule has 0 radical (unpaired) electrons. The molecule has 0 unspecified atom stereocenters. The van der Waals surface area contributed by atoms with Gasteiger partial charge in [-0.05, 0) is 43.4 Å². The molecule has 1 aliphatic rings. The molecule has 1 aromatic carbocycles. The number of carbonyl (C=O) groups is 2. The lowest BCUT2D eigenvalue weighted by molar-refractivity contribution is -0.119. The molecule has 1 heterocycles. The number of rotatable bonds is 6. The summed E-state index contributed by atoms with van der Waals surface area (Å²) in [6, 6.07) is 7.72. The summed E-state index contributed by atoms with van der Waals surface area (Å²) in [6.07, 6.45) is 3.75. The van der Waals surface area contributed by atoms with Crippen molar-refractivity contribution in [3.63, 3.8) is 0 Å². The van der Waals surface area contributed by atoms with Crippen molar-refractivity contribution < 1.29 is 18.7 Å². The Hall–Kier alpha value is -2.44. The van der Waals surface area contributed by atoms with Gasteiger partial charge in [-0.1, -0.05) is 15.9 Å². The summed E-state index contributed by atoms with van der Waals surface area (Å²) in [6.45, 7) is -0.602. The summed E-state index contributed by atoms with van der Waals surface area (Å²) in [7, 11) is 0. The summed E-state index contributed by atoms with van der Waals surface area (Å²) in [5, 5.41) is 12.2. The zero-order chi connectivity index (χ0) is 20.3. The van der Waals surface area contributed by atoms with Gasteiger partial charge in [0.25, 0.3) is 5.91 Å². The van der Waals surface area contributed by atoms with Crippen molar-refractivity contribution in [2.75, 3.05) is 18.2 Å². The number of esters is 1. The molecule has 2 aromatic rings. The number of benzene rings is 1. The van der Waals surface area contributed by atoms with Gasteiger partial charge >= 0.3 is 5.97 Å². The molecule has 144 valence electrons. The normalized spacial score (nSPS) is 12.9. The summed E-state index contributed by atoms with van der Waals surface area (Å²) < 4.78 is 19.4. The largest absolute Gasteiger partial charge is 0.452 e. The van der Waals surface area contributed by atoms with E-state index < -0.39 is 24.3 Å². The van der Waals surface area contributed by atoms with Crippen molar-refractivity contribution in [2.45, 2.75) is 23.8 Å². The van der Waals surface area contributed by atoms with Crippen molar-refractivity contribution in [2.24, 2.45) is 0 Å². The van der Waals surface area contributed by atoms with Gasteiger partial charge in [-0.15, -0.1) is 11.8 Å². The minimum absolute atomic E-state index is 0.0217. The number of halogens is 2. The number of hydrogen-bond donors (Lipinski definition) is 1. The minimum Gasteiger partial charge on any atom is -0.452 e. The number of nitrogens with one attached hydrogen (secondary N) is 1. The number of carbonyl (C=O) groups excluding carboxylic acids is 2. The Labute approximate surface area is 173 Å². The number of aromatic nitrogens is 1. The van der Waals surface area contributed by atoms with Crippen LogP contribution in [0, 0.1) is 17.1 Å². The van der Waals surface area contributed by atoms with Crippen LogP contribution in [0.2, 0.25) is 0 Å². The van der Waals surface area contributed by atoms with E-state index in [-0.39, 0.29) is 22.7 Å². The molecule has 0 saturated heterocycles. The second-order valence-corrected chi connectivity index (χ2v) is 7.82. The third kappa shape index (κ3) is 4.69. The quantitative estimate of drug-likeness (QED) is 0.508. The van der Waals surface area contributed by atoms with E-state index in [4.69, 9.17) is 4.74 Å². The van der Waals surface area contributed by atoms with Crippen LogP contribution in [0.25, 0.3) is 0 Å². The van der Waals surface area contributed by atoms with Gasteiger partial charge in [0.05, 0.1) is 16.8 Å². The van der Waals surface area contributed by atoms with E-state index in [2.05, 4.69) is 26.2 Å². The molecule has 0 bridgehead atoms. The summed E-state index contributed by atoms with van der Waals surface area (Å²) in [5.41, 5.74) is 0.941. The lowest BCUT2D eigenvalue weighted by Crippen LogP contribution is -2.22. The van der Waals surface area contributed by atoms with Crippen LogP contribution in [0.5, 0.6) is 0 Å². The van der Waals surface area contributed by atoms with Crippen LogP contribution in [0.15, 0.2) is 33.8 Å². The van der Waals surface area contributed by atoms with Crippen LogP contribution in [-0.4, -0.2) is 29.7 Å². The Balaban J connectivity index is 1.71. The molecular weight excluding hydrogens is 449 g/mol. The first-order valence-electron chi connectivity index (χ1n) is 8.34. The van der Waals surface area contributed by atoms with Crippen molar-refractivity contribution in [1.29, 1.82) is 5.26 Å². The fourth-order valence-electron chi connectivity index (χ4n) is 2.53. The standard InChI is InChI=1S/C19H15BrFN3O3S/c1-28-18-13(8-22)12(7-16(24-18)10-2-3-10)19(26)27-9-17(25)23-15-5-4-11(20)6-14(15)21/h4-7,10H,2-3,9H2,1H3,(H,23,25). The van der Waals surface area contributed by atoms with Gasteiger partial charge in [0.2, 0.25) is 0 Å². The Kier molecular flexibility index (Phi) is 6.31. The first kappa shape index (κ1) is 20.3. The van der Waals surface area contributed by atoms with E-state index in [1.54, 1.807) is 18.4 Å². The molecule has 0 atom stereocenters. The summed E-state index contributed by atoms with van der Waals surface area (Å²) >= 11 is 4.40. The number of anilines is 1. The van der Waals surface area contributed by atoms with Crippen molar-refractivity contribution in [3.8, 4) is 6.07 Å². The molecule has 1 amide bonds. The third-order valence-corrected chi connectivity index (χ3v) is 5.24. The first-order chi connectivity index (χ1) is 13.4. The molecule has 1 N–H and O–H groups in total. The molecule has 3 rings (SSSR count). The molecule has 1 saturated carbocycles. The Bertz CT molecular complexity index is 989. The highest BCUT2D eigenvalue weighted by molar-refractivity contribution is 9.10. The van der Waals surface area contributed by atoms with E-state index >= 15 is 0 Å². The van der Waals surface area contributed by atoms with E-state index in [1.807, 2.05) is 6.07 Å². The molecule has 6 nitrogen and oxygen atoms in total. The maximum atomic E-state index is 13.8. The van der Waals surface area contributed by atoms with Crippen molar-refractivity contribution >= 4 is 45.3 Å². The van der Waals surface area contributed by atoms with Gasteiger partial charge in [-0.2, -0.15) is 5.26 Å². The van der Waals surface area contributed by atoms with Crippen LogP contribution in [-0.2, 0) is 9.53 Å². The zero-order valence-corrected chi connectivity index (χ0v) is 17.2. The average molecular weight is 464 g/mol. The Morgan fingerprint density at radius 2 is 2.18 bits per heavy atom. The second kappa shape index (κ2) is 8.71. The Morgan fingerprint density at radius 3 is 2.79 bits per heavy atom. The van der Waals surface area contributed by atoms with Gasteiger partial charge in [-0.25, -0.2) is 14.2 Å². The van der Waals surface area contributed by atoms with Crippen LogP contribution < -0.4 is 5.32 Å². The number of pyridine rings is 1. The third-order valence-electron chi connectivity index (χ3n) is 4.07. The molecular formula is C19H15BrFN3O3S. The van der Waals surface area contributed by atoms with Crippen LogP contribution in [0.1, 0.15) is 40.4 Å². The van der Waals surface area contributed by atoms with Crippen LogP contribution in [0.4, 0.5) is 10.1 Å². The average Bonchev–Trinajstić information content (AvgIpc) is 3.52. The molecule has 1 fully saturated rings.